The Kier molecular flexibility index (Phi) is 4.98. The monoisotopic (exact) mass is 298 g/mol. The van der Waals surface area contributed by atoms with Crippen molar-refractivity contribution in [2.24, 2.45) is 0 Å². The number of hydrogen-bond donors (Lipinski definition) is 1. The molecule has 0 atom stereocenters. The van der Waals surface area contributed by atoms with Crippen molar-refractivity contribution in [2.45, 2.75) is 43.8 Å². The summed E-state index contributed by atoms with van der Waals surface area (Å²) in [5, 5.41) is 31.5. The molecule has 0 bridgehead atoms. The predicted molar refractivity (Wildman–Crippen MR) is 67.7 cm³/mol. The molecule has 0 radical (unpaired) electrons. The van der Waals surface area contributed by atoms with E-state index in [-0.39, 0.29) is 6.54 Å². The molecule has 2 aromatic heterocycles. The number of thioether (sulfide) groups is 1. The highest BCUT2D eigenvalue weighted by Gasteiger charge is 2.12. The Morgan fingerprint density at radius 2 is 2.00 bits per heavy atom. The van der Waals surface area contributed by atoms with Crippen LogP contribution in [0.5, 0.6) is 0 Å². The SMILES string of the molecule is CCCCn1nnnc1CSc1nnnn1CC(=O)O. The van der Waals surface area contributed by atoms with Gasteiger partial charge in [-0.1, -0.05) is 25.1 Å². The van der Waals surface area contributed by atoms with Gasteiger partial charge in [0, 0.05) is 6.54 Å². The third-order valence-corrected chi connectivity index (χ3v) is 3.40. The Bertz CT molecular complexity index is 568. The number of hydrogen-bond acceptors (Lipinski definition) is 8. The number of rotatable bonds is 8. The summed E-state index contributed by atoms with van der Waals surface area (Å²) in [5.74, 6) is 0.205. The lowest BCUT2D eigenvalue weighted by molar-refractivity contribution is -0.138. The van der Waals surface area contributed by atoms with Gasteiger partial charge >= 0.3 is 5.97 Å². The maximum Gasteiger partial charge on any atom is 0.325 e. The van der Waals surface area contributed by atoms with E-state index in [1.807, 2.05) is 0 Å². The van der Waals surface area contributed by atoms with Crippen molar-refractivity contribution >= 4 is 17.7 Å². The zero-order valence-corrected chi connectivity index (χ0v) is 11.7. The zero-order chi connectivity index (χ0) is 14.4. The molecule has 0 spiro atoms. The topological polar surface area (TPSA) is 124 Å². The molecule has 0 aliphatic carbocycles. The van der Waals surface area contributed by atoms with Gasteiger partial charge in [0.2, 0.25) is 5.16 Å². The van der Waals surface area contributed by atoms with Crippen molar-refractivity contribution < 1.29 is 9.90 Å². The Balaban J connectivity index is 1.97. The average Bonchev–Trinajstić information content (AvgIpc) is 3.02. The first kappa shape index (κ1) is 14.4. The van der Waals surface area contributed by atoms with E-state index >= 15 is 0 Å². The van der Waals surface area contributed by atoms with Crippen LogP contribution in [-0.4, -0.2) is 51.5 Å². The molecule has 108 valence electrons. The van der Waals surface area contributed by atoms with Crippen LogP contribution in [0.4, 0.5) is 0 Å². The van der Waals surface area contributed by atoms with Crippen LogP contribution in [0.15, 0.2) is 5.16 Å². The first-order valence-electron chi connectivity index (χ1n) is 6.06. The van der Waals surface area contributed by atoms with Gasteiger partial charge in [-0.25, -0.2) is 9.36 Å². The molecule has 0 aromatic carbocycles. The van der Waals surface area contributed by atoms with Crippen molar-refractivity contribution in [1.29, 1.82) is 0 Å². The molecule has 2 heterocycles. The molecule has 0 saturated heterocycles. The van der Waals surface area contributed by atoms with Crippen molar-refractivity contribution in [3.8, 4) is 0 Å². The molecule has 20 heavy (non-hydrogen) atoms. The molecule has 2 rings (SSSR count). The molecule has 2 aromatic rings. The van der Waals surface area contributed by atoms with E-state index in [1.54, 1.807) is 4.68 Å². The smallest absolute Gasteiger partial charge is 0.325 e. The van der Waals surface area contributed by atoms with Crippen molar-refractivity contribution in [2.75, 3.05) is 0 Å². The van der Waals surface area contributed by atoms with Gasteiger partial charge in [-0.2, -0.15) is 0 Å². The maximum absolute atomic E-state index is 10.7. The molecule has 0 aliphatic rings. The lowest BCUT2D eigenvalue weighted by Crippen LogP contribution is -2.11. The van der Waals surface area contributed by atoms with E-state index in [9.17, 15) is 4.79 Å². The molecule has 0 amide bonds. The number of carboxylic acid groups (broad SMARTS) is 1. The zero-order valence-electron chi connectivity index (χ0n) is 10.9. The first-order chi connectivity index (χ1) is 9.70. The fourth-order valence-corrected chi connectivity index (χ4v) is 2.27. The van der Waals surface area contributed by atoms with E-state index in [2.05, 4.69) is 38.0 Å². The number of tetrazole rings is 2. The van der Waals surface area contributed by atoms with Crippen molar-refractivity contribution in [1.82, 2.24) is 40.4 Å². The lowest BCUT2D eigenvalue weighted by Gasteiger charge is -2.03. The third-order valence-electron chi connectivity index (χ3n) is 2.44. The number of aryl methyl sites for hydroxylation is 1. The second-order valence-corrected chi connectivity index (χ2v) is 4.92. The highest BCUT2D eigenvalue weighted by molar-refractivity contribution is 7.98. The van der Waals surface area contributed by atoms with Crippen molar-refractivity contribution in [3.63, 3.8) is 0 Å². The molecule has 1 N–H and O–H groups in total. The number of carboxylic acids is 1. The van der Waals surface area contributed by atoms with E-state index in [4.69, 9.17) is 5.11 Å². The van der Waals surface area contributed by atoms with Crippen molar-refractivity contribution in [3.05, 3.63) is 5.82 Å². The van der Waals surface area contributed by atoms with Gasteiger partial charge in [-0.05, 0) is 27.3 Å². The number of unbranched alkanes of at least 4 members (excludes halogenated alkanes) is 1. The predicted octanol–water partition coefficient (Wildman–Crippen LogP) is -0.163. The summed E-state index contributed by atoms with van der Waals surface area (Å²) in [6.07, 6.45) is 2.06. The highest BCUT2D eigenvalue weighted by atomic mass is 32.2. The maximum atomic E-state index is 10.7. The summed E-state index contributed by atoms with van der Waals surface area (Å²) in [6, 6.07) is 0. The van der Waals surface area contributed by atoms with Gasteiger partial charge in [0.1, 0.15) is 6.54 Å². The van der Waals surface area contributed by atoms with E-state index in [1.165, 1.54) is 16.4 Å². The molecule has 0 fully saturated rings. The third kappa shape index (κ3) is 3.73. The van der Waals surface area contributed by atoms with Crippen LogP contribution in [0.2, 0.25) is 0 Å². The number of aromatic nitrogens is 8. The van der Waals surface area contributed by atoms with Gasteiger partial charge in [-0.15, -0.1) is 10.2 Å². The summed E-state index contributed by atoms with van der Waals surface area (Å²) in [7, 11) is 0. The van der Waals surface area contributed by atoms with Crippen LogP contribution in [0.3, 0.4) is 0 Å². The van der Waals surface area contributed by atoms with Crippen LogP contribution < -0.4 is 0 Å². The fourth-order valence-electron chi connectivity index (χ4n) is 1.46. The summed E-state index contributed by atoms with van der Waals surface area (Å²) in [5.41, 5.74) is 0. The van der Waals surface area contributed by atoms with E-state index < -0.39 is 5.97 Å². The fraction of sp³-hybridized carbons (Fsp3) is 0.667. The largest absolute Gasteiger partial charge is 0.480 e. The van der Waals surface area contributed by atoms with Crippen LogP contribution in [0.1, 0.15) is 25.6 Å². The minimum absolute atomic E-state index is 0.268. The summed E-state index contributed by atoms with van der Waals surface area (Å²) >= 11 is 1.30. The van der Waals surface area contributed by atoms with Gasteiger partial charge in [0.15, 0.2) is 5.82 Å². The van der Waals surface area contributed by atoms with Gasteiger partial charge in [0.05, 0.1) is 5.75 Å². The standard InChI is InChI=1S/C9H14N8O2S/c1-2-3-4-16-7(10-12-14-16)6-20-9-11-13-15-17(9)5-8(18)19/h2-6H2,1H3,(H,18,19). The summed E-state index contributed by atoms with van der Waals surface area (Å²) < 4.78 is 2.97. The van der Waals surface area contributed by atoms with Crippen LogP contribution in [-0.2, 0) is 23.6 Å². The summed E-state index contributed by atoms with van der Waals surface area (Å²) in [6.45, 7) is 2.59. The number of nitrogens with zero attached hydrogens (tertiary/aromatic N) is 8. The summed E-state index contributed by atoms with van der Waals surface area (Å²) in [4.78, 5) is 10.7. The van der Waals surface area contributed by atoms with Crippen LogP contribution in [0.25, 0.3) is 0 Å². The lowest BCUT2D eigenvalue weighted by atomic mass is 10.3. The molecule has 10 nitrogen and oxygen atoms in total. The second-order valence-electron chi connectivity index (χ2n) is 3.97. The molecule has 11 heteroatoms. The normalized spacial score (nSPS) is 10.8. The van der Waals surface area contributed by atoms with Gasteiger partial charge in [-0.3, -0.25) is 4.79 Å². The Hall–Kier alpha value is -2.04. The van der Waals surface area contributed by atoms with E-state index in [0.717, 1.165) is 19.4 Å². The number of carbonyl (C=O) groups is 1. The Morgan fingerprint density at radius 1 is 1.25 bits per heavy atom. The molecule has 0 aliphatic heterocycles. The van der Waals surface area contributed by atoms with E-state index in [0.29, 0.717) is 16.7 Å². The molecule has 0 unspecified atom stereocenters. The second kappa shape index (κ2) is 6.93. The Morgan fingerprint density at radius 3 is 2.75 bits per heavy atom. The molecule has 0 saturated carbocycles. The molecular formula is C9H14N8O2S. The average molecular weight is 298 g/mol. The molecular weight excluding hydrogens is 284 g/mol. The minimum Gasteiger partial charge on any atom is -0.480 e. The minimum atomic E-state index is -0.994. The van der Waals surface area contributed by atoms with Gasteiger partial charge in [0.25, 0.3) is 0 Å². The van der Waals surface area contributed by atoms with Crippen LogP contribution in [0, 0.1) is 0 Å². The van der Waals surface area contributed by atoms with Gasteiger partial charge < -0.3 is 5.11 Å². The first-order valence-corrected chi connectivity index (χ1v) is 7.05. The number of aliphatic carboxylic acids is 1. The quantitative estimate of drug-likeness (QED) is 0.661. The van der Waals surface area contributed by atoms with Crippen LogP contribution >= 0.6 is 11.8 Å². The Labute approximate surface area is 118 Å². The highest BCUT2D eigenvalue weighted by Crippen LogP contribution is 2.18.